The fourth-order valence-electron chi connectivity index (χ4n) is 4.82. The molecule has 3 rings (SSSR count). The van der Waals surface area contributed by atoms with Crippen molar-refractivity contribution in [1.29, 1.82) is 5.41 Å². The molecule has 12 heteroatoms. The van der Waals surface area contributed by atoms with E-state index in [1.54, 1.807) is 0 Å². The van der Waals surface area contributed by atoms with Crippen LogP contribution in [0, 0.1) is 19.3 Å². The number of amides is 2. The van der Waals surface area contributed by atoms with Crippen molar-refractivity contribution in [3.63, 3.8) is 0 Å². The van der Waals surface area contributed by atoms with E-state index in [0.717, 1.165) is 35.1 Å². The highest BCUT2D eigenvalue weighted by Crippen LogP contribution is 2.21. The van der Waals surface area contributed by atoms with Gasteiger partial charge in [-0.15, -0.1) is 0 Å². The molecule has 0 aliphatic heterocycles. The molecule has 0 saturated carbocycles. The highest BCUT2D eigenvalue weighted by atomic mass is 16.5. The fraction of sp³-hybridized carbons (Fsp3) is 0.452. The second-order valence-corrected chi connectivity index (χ2v) is 10.8. The average Bonchev–Trinajstić information content (AvgIpc) is 3.44. The molecule has 0 radical (unpaired) electrons. The summed E-state index contributed by atoms with van der Waals surface area (Å²) < 4.78 is 5.61. The van der Waals surface area contributed by atoms with E-state index in [-0.39, 0.29) is 18.3 Å². The maximum atomic E-state index is 13.8. The number of rotatable bonds is 17. The monoisotopic (exact) mass is 591 g/mol. The van der Waals surface area contributed by atoms with Crippen molar-refractivity contribution in [2.75, 3.05) is 13.1 Å². The number of guanidine groups is 1. The molecule has 0 aliphatic rings. The van der Waals surface area contributed by atoms with Crippen molar-refractivity contribution in [1.82, 2.24) is 26.1 Å². The molecule has 0 aliphatic carbocycles. The minimum atomic E-state index is -0.891. The van der Waals surface area contributed by atoms with Crippen LogP contribution in [0.15, 0.2) is 53.1 Å². The van der Waals surface area contributed by atoms with E-state index < -0.39 is 24.0 Å². The number of hydrogen-bond donors (Lipinski definition) is 7. The Kier molecular flexibility index (Phi) is 13.1. The zero-order valence-corrected chi connectivity index (χ0v) is 25.1. The van der Waals surface area contributed by atoms with Crippen LogP contribution in [0.5, 0.6) is 0 Å². The highest BCUT2D eigenvalue weighted by molar-refractivity contribution is 5.90. The van der Waals surface area contributed by atoms with Gasteiger partial charge in [0.2, 0.25) is 17.7 Å². The number of carbonyl (C=O) groups is 2. The van der Waals surface area contributed by atoms with Gasteiger partial charge >= 0.3 is 0 Å². The Morgan fingerprint density at radius 2 is 1.67 bits per heavy atom. The van der Waals surface area contributed by atoms with Crippen LogP contribution in [-0.4, -0.2) is 53.1 Å². The SMILES string of the molecule is Cc1cccc(C)c1C[C@H](NC(=O)C(N)CCCNC(=N)N)C(=O)N[C@@H](CCCCN)c1nc(Cc2ccccc2)no1. The van der Waals surface area contributed by atoms with Gasteiger partial charge in [-0.1, -0.05) is 53.7 Å². The normalized spacial score (nSPS) is 13.1. The molecule has 10 N–H and O–H groups in total. The van der Waals surface area contributed by atoms with Crippen molar-refractivity contribution in [2.24, 2.45) is 17.2 Å². The van der Waals surface area contributed by atoms with Crippen molar-refractivity contribution in [3.05, 3.63) is 82.5 Å². The lowest BCUT2D eigenvalue weighted by Crippen LogP contribution is -2.53. The molecule has 3 atom stereocenters. The lowest BCUT2D eigenvalue weighted by Gasteiger charge is -2.24. The third kappa shape index (κ3) is 10.8. The van der Waals surface area contributed by atoms with Crippen LogP contribution in [0.1, 0.15) is 72.1 Å². The number of carbonyl (C=O) groups excluding carboxylic acids is 2. The van der Waals surface area contributed by atoms with Gasteiger partial charge < -0.3 is 37.7 Å². The first-order valence-corrected chi connectivity index (χ1v) is 14.7. The Labute approximate surface area is 253 Å². The summed E-state index contributed by atoms with van der Waals surface area (Å²) in [5, 5.41) is 20.0. The van der Waals surface area contributed by atoms with Crippen LogP contribution in [0.3, 0.4) is 0 Å². The Morgan fingerprint density at radius 3 is 2.35 bits per heavy atom. The number of nitrogens with one attached hydrogen (secondary N) is 4. The molecule has 2 amide bonds. The lowest BCUT2D eigenvalue weighted by molar-refractivity contribution is -0.130. The quantitative estimate of drug-likeness (QED) is 0.0693. The van der Waals surface area contributed by atoms with Gasteiger partial charge in [-0.3, -0.25) is 15.0 Å². The zero-order valence-electron chi connectivity index (χ0n) is 25.1. The van der Waals surface area contributed by atoms with Crippen LogP contribution < -0.4 is 33.2 Å². The minimum absolute atomic E-state index is 0.141. The molecular formula is C31H45N9O3. The second-order valence-electron chi connectivity index (χ2n) is 10.8. The molecule has 12 nitrogen and oxygen atoms in total. The van der Waals surface area contributed by atoms with Crippen molar-refractivity contribution in [3.8, 4) is 0 Å². The maximum absolute atomic E-state index is 13.8. The molecule has 1 heterocycles. The third-order valence-electron chi connectivity index (χ3n) is 7.28. The van der Waals surface area contributed by atoms with E-state index in [9.17, 15) is 9.59 Å². The molecule has 3 aromatic rings. The molecule has 0 saturated heterocycles. The lowest BCUT2D eigenvalue weighted by atomic mass is 9.95. The maximum Gasteiger partial charge on any atom is 0.249 e. The molecule has 2 aromatic carbocycles. The third-order valence-corrected chi connectivity index (χ3v) is 7.28. The number of aromatic nitrogens is 2. The van der Waals surface area contributed by atoms with Crippen molar-refractivity contribution in [2.45, 2.75) is 76.9 Å². The van der Waals surface area contributed by atoms with Crippen molar-refractivity contribution < 1.29 is 14.1 Å². The van der Waals surface area contributed by atoms with E-state index in [0.29, 0.717) is 50.5 Å². The molecule has 0 bridgehead atoms. The number of hydrogen-bond acceptors (Lipinski definition) is 8. The number of nitrogens with two attached hydrogens (primary N) is 3. The van der Waals surface area contributed by atoms with E-state index in [4.69, 9.17) is 27.1 Å². The molecule has 0 spiro atoms. The standard InChI is InChI=1S/C31H45N9O3/c1-20-10-8-11-21(2)23(20)19-26(38-28(41)24(33)14-9-17-36-31(34)35)29(42)37-25(15-6-7-16-32)30-39-27(40-43-30)18-22-12-4-3-5-13-22/h3-5,8,10-13,24-26H,6-7,9,14-19,32-33H2,1-2H3,(H,37,42)(H,38,41)(H4,34,35,36)/t24?,25-,26-/m0/s1. The van der Waals surface area contributed by atoms with Crippen LogP contribution in [0.2, 0.25) is 0 Å². The van der Waals surface area contributed by atoms with Crippen LogP contribution in [-0.2, 0) is 22.4 Å². The smallest absolute Gasteiger partial charge is 0.249 e. The number of unbranched alkanes of at least 4 members (excludes halogenated alkanes) is 1. The first kappa shape index (κ1) is 33.2. The Bertz CT molecular complexity index is 1310. The van der Waals surface area contributed by atoms with Gasteiger partial charge in [0, 0.05) is 19.4 Å². The van der Waals surface area contributed by atoms with Gasteiger partial charge in [0.15, 0.2) is 11.8 Å². The van der Waals surface area contributed by atoms with Gasteiger partial charge in [0.1, 0.15) is 12.1 Å². The van der Waals surface area contributed by atoms with Gasteiger partial charge in [-0.2, -0.15) is 4.98 Å². The predicted molar refractivity (Wildman–Crippen MR) is 166 cm³/mol. The molecular weight excluding hydrogens is 546 g/mol. The summed E-state index contributed by atoms with van der Waals surface area (Å²) in [6, 6.07) is 13.5. The van der Waals surface area contributed by atoms with Crippen LogP contribution in [0.25, 0.3) is 0 Å². The van der Waals surface area contributed by atoms with E-state index in [2.05, 4.69) is 26.1 Å². The molecule has 1 unspecified atom stereocenters. The Morgan fingerprint density at radius 1 is 0.953 bits per heavy atom. The summed E-state index contributed by atoms with van der Waals surface area (Å²) in [6.45, 7) is 4.91. The Hall–Kier alpha value is -4.29. The van der Waals surface area contributed by atoms with E-state index in [1.807, 2.05) is 62.4 Å². The number of aryl methyl sites for hydroxylation is 2. The minimum Gasteiger partial charge on any atom is -0.370 e. The van der Waals surface area contributed by atoms with Gasteiger partial charge in [-0.05, 0) is 74.8 Å². The average molecular weight is 592 g/mol. The Balaban J connectivity index is 1.78. The summed E-state index contributed by atoms with van der Waals surface area (Å²) >= 11 is 0. The summed E-state index contributed by atoms with van der Waals surface area (Å²) in [4.78, 5) is 31.6. The summed E-state index contributed by atoms with van der Waals surface area (Å²) in [6.07, 6.45) is 3.73. The first-order chi connectivity index (χ1) is 20.7. The van der Waals surface area contributed by atoms with E-state index in [1.165, 1.54) is 0 Å². The second kappa shape index (κ2) is 17.0. The van der Waals surface area contributed by atoms with Crippen LogP contribution >= 0.6 is 0 Å². The van der Waals surface area contributed by atoms with Crippen molar-refractivity contribution >= 4 is 17.8 Å². The fourth-order valence-corrected chi connectivity index (χ4v) is 4.82. The highest BCUT2D eigenvalue weighted by Gasteiger charge is 2.29. The number of nitrogens with zero attached hydrogens (tertiary/aromatic N) is 2. The van der Waals surface area contributed by atoms with Gasteiger partial charge in [0.05, 0.1) is 6.04 Å². The molecule has 1 aromatic heterocycles. The summed E-state index contributed by atoms with van der Waals surface area (Å²) in [5.41, 5.74) is 21.3. The van der Waals surface area contributed by atoms with Crippen LogP contribution in [0.4, 0.5) is 0 Å². The largest absolute Gasteiger partial charge is 0.370 e. The molecule has 232 valence electrons. The summed E-state index contributed by atoms with van der Waals surface area (Å²) in [7, 11) is 0. The molecule has 0 fully saturated rings. The van der Waals surface area contributed by atoms with Gasteiger partial charge in [-0.25, -0.2) is 0 Å². The molecule has 43 heavy (non-hydrogen) atoms. The van der Waals surface area contributed by atoms with E-state index >= 15 is 0 Å². The first-order valence-electron chi connectivity index (χ1n) is 14.7. The summed E-state index contributed by atoms with van der Waals surface area (Å²) in [5.74, 6) is -0.121. The number of benzene rings is 2. The predicted octanol–water partition coefficient (Wildman–Crippen LogP) is 1.88. The topological polar surface area (TPSA) is 211 Å². The zero-order chi connectivity index (χ0) is 31.2. The van der Waals surface area contributed by atoms with Gasteiger partial charge in [0.25, 0.3) is 0 Å².